The van der Waals surface area contributed by atoms with Crippen LogP contribution in [0, 0.1) is 0 Å². The Morgan fingerprint density at radius 3 is 2.31 bits per heavy atom. The van der Waals surface area contributed by atoms with Gasteiger partial charge in [0.1, 0.15) is 0 Å². The van der Waals surface area contributed by atoms with E-state index in [4.69, 9.17) is 0 Å². The number of anilines is 1. The number of carbonyl (C=O) groups is 2. The van der Waals surface area contributed by atoms with Crippen LogP contribution in [0.1, 0.15) is 34.6 Å². The molecule has 0 aliphatic carbocycles. The smallest absolute Gasteiger partial charge is 0.253 e. The Hall–Kier alpha value is -2.96. The lowest BCUT2D eigenvalue weighted by Gasteiger charge is -2.34. The van der Waals surface area contributed by atoms with Crippen molar-refractivity contribution in [1.82, 2.24) is 20.2 Å². The number of nitrogens with zero attached hydrogens (tertiary/aromatic N) is 4. The van der Waals surface area contributed by atoms with Gasteiger partial charge >= 0.3 is 0 Å². The summed E-state index contributed by atoms with van der Waals surface area (Å²) in [7, 11) is 0. The molecule has 2 aromatic rings. The van der Waals surface area contributed by atoms with E-state index in [0.29, 0.717) is 43.3 Å². The Morgan fingerprint density at radius 2 is 1.65 bits per heavy atom. The minimum atomic E-state index is -0.166. The van der Waals surface area contributed by atoms with E-state index < -0.39 is 0 Å². The summed E-state index contributed by atoms with van der Waals surface area (Å²) in [4.78, 5) is 37.3. The summed E-state index contributed by atoms with van der Waals surface area (Å²) >= 11 is 0. The molecule has 2 amide bonds. The zero-order chi connectivity index (χ0) is 18.5. The molecule has 26 heavy (non-hydrogen) atoms. The van der Waals surface area contributed by atoms with Crippen LogP contribution in [0.25, 0.3) is 0 Å². The van der Waals surface area contributed by atoms with Gasteiger partial charge in [-0.15, -0.1) is 0 Å². The van der Waals surface area contributed by atoms with Crippen LogP contribution in [0.5, 0.6) is 0 Å². The SMILES string of the molecule is CC(C)NC(=O)c1cccc(C(=O)N2CCN(c3ncccn3)CC2)c1. The number of nitrogens with one attached hydrogen (secondary N) is 1. The molecule has 1 aromatic carbocycles. The summed E-state index contributed by atoms with van der Waals surface area (Å²) in [6.07, 6.45) is 3.43. The fourth-order valence-electron chi connectivity index (χ4n) is 2.89. The lowest BCUT2D eigenvalue weighted by Crippen LogP contribution is -2.49. The Kier molecular flexibility index (Phi) is 5.46. The molecule has 0 atom stereocenters. The molecule has 0 spiro atoms. The number of amides is 2. The molecule has 0 saturated carbocycles. The van der Waals surface area contributed by atoms with Crippen LogP contribution in [0.4, 0.5) is 5.95 Å². The molecule has 7 heteroatoms. The normalized spacial score (nSPS) is 14.4. The summed E-state index contributed by atoms with van der Waals surface area (Å²) in [5.74, 6) is 0.463. The fourth-order valence-corrected chi connectivity index (χ4v) is 2.89. The van der Waals surface area contributed by atoms with Crippen molar-refractivity contribution in [2.75, 3.05) is 31.1 Å². The first-order valence-electron chi connectivity index (χ1n) is 8.77. The van der Waals surface area contributed by atoms with Crippen molar-refractivity contribution in [3.8, 4) is 0 Å². The van der Waals surface area contributed by atoms with Gasteiger partial charge in [-0.25, -0.2) is 9.97 Å². The van der Waals surface area contributed by atoms with E-state index in [1.54, 1.807) is 47.6 Å². The molecule has 3 rings (SSSR count). The lowest BCUT2D eigenvalue weighted by atomic mass is 10.1. The molecule has 1 aromatic heterocycles. The highest BCUT2D eigenvalue weighted by atomic mass is 16.2. The van der Waals surface area contributed by atoms with E-state index in [1.807, 2.05) is 13.8 Å². The van der Waals surface area contributed by atoms with Gasteiger partial charge in [0.25, 0.3) is 11.8 Å². The number of carbonyl (C=O) groups excluding carboxylic acids is 2. The first kappa shape index (κ1) is 17.8. The van der Waals surface area contributed by atoms with E-state index in [2.05, 4.69) is 20.2 Å². The van der Waals surface area contributed by atoms with Crippen LogP contribution in [0.2, 0.25) is 0 Å². The average molecular weight is 353 g/mol. The van der Waals surface area contributed by atoms with Crippen LogP contribution in [0.15, 0.2) is 42.7 Å². The highest BCUT2D eigenvalue weighted by Gasteiger charge is 2.23. The maximum atomic E-state index is 12.8. The van der Waals surface area contributed by atoms with E-state index in [-0.39, 0.29) is 17.9 Å². The van der Waals surface area contributed by atoms with Gasteiger partial charge in [-0.05, 0) is 38.1 Å². The molecule has 0 unspecified atom stereocenters. The third-order valence-corrected chi connectivity index (χ3v) is 4.19. The van der Waals surface area contributed by atoms with E-state index >= 15 is 0 Å². The van der Waals surface area contributed by atoms with E-state index in [1.165, 1.54) is 0 Å². The van der Waals surface area contributed by atoms with Gasteiger partial charge in [-0.1, -0.05) is 6.07 Å². The molecule has 1 aliphatic rings. The monoisotopic (exact) mass is 353 g/mol. The minimum Gasteiger partial charge on any atom is -0.350 e. The maximum absolute atomic E-state index is 12.8. The molecule has 0 bridgehead atoms. The second kappa shape index (κ2) is 7.95. The Balaban J connectivity index is 1.64. The second-order valence-electron chi connectivity index (χ2n) is 6.54. The number of hydrogen-bond acceptors (Lipinski definition) is 5. The predicted octanol–water partition coefficient (Wildman–Crippen LogP) is 1.58. The molecular formula is C19H23N5O2. The number of aromatic nitrogens is 2. The topological polar surface area (TPSA) is 78.4 Å². The third-order valence-electron chi connectivity index (χ3n) is 4.19. The molecular weight excluding hydrogens is 330 g/mol. The Bertz CT molecular complexity index is 771. The zero-order valence-electron chi connectivity index (χ0n) is 15.1. The van der Waals surface area contributed by atoms with Crippen LogP contribution >= 0.6 is 0 Å². The largest absolute Gasteiger partial charge is 0.350 e. The molecule has 7 nitrogen and oxygen atoms in total. The number of rotatable bonds is 4. The van der Waals surface area contributed by atoms with E-state index in [9.17, 15) is 9.59 Å². The van der Waals surface area contributed by atoms with Gasteiger partial charge in [0.15, 0.2) is 0 Å². The molecule has 0 radical (unpaired) electrons. The van der Waals surface area contributed by atoms with Crippen LogP contribution in [0.3, 0.4) is 0 Å². The van der Waals surface area contributed by atoms with E-state index in [0.717, 1.165) is 0 Å². The quantitative estimate of drug-likeness (QED) is 0.903. The van der Waals surface area contributed by atoms with Crippen LogP contribution < -0.4 is 10.2 Å². The molecule has 136 valence electrons. The van der Waals surface area contributed by atoms with Gasteiger partial charge in [-0.2, -0.15) is 0 Å². The van der Waals surface area contributed by atoms with Crippen molar-refractivity contribution in [2.45, 2.75) is 19.9 Å². The average Bonchev–Trinajstić information content (AvgIpc) is 2.68. The summed E-state index contributed by atoms with van der Waals surface area (Å²) < 4.78 is 0. The van der Waals surface area contributed by atoms with Gasteiger partial charge in [-0.3, -0.25) is 9.59 Å². The molecule has 2 heterocycles. The van der Waals surface area contributed by atoms with Crippen molar-refractivity contribution in [2.24, 2.45) is 0 Å². The zero-order valence-corrected chi connectivity index (χ0v) is 15.1. The molecule has 1 aliphatic heterocycles. The molecule has 1 saturated heterocycles. The first-order valence-corrected chi connectivity index (χ1v) is 8.77. The summed E-state index contributed by atoms with van der Waals surface area (Å²) in [6, 6.07) is 8.71. The minimum absolute atomic E-state index is 0.0511. The van der Waals surface area contributed by atoms with Gasteiger partial charge in [0, 0.05) is 55.7 Å². The number of hydrogen-bond donors (Lipinski definition) is 1. The summed E-state index contributed by atoms with van der Waals surface area (Å²) in [5, 5.41) is 2.84. The van der Waals surface area contributed by atoms with Gasteiger partial charge in [0.05, 0.1) is 0 Å². The lowest BCUT2D eigenvalue weighted by molar-refractivity contribution is 0.0746. The summed E-state index contributed by atoms with van der Waals surface area (Å²) in [5.41, 5.74) is 1.03. The number of piperazine rings is 1. The van der Waals surface area contributed by atoms with Crippen LogP contribution in [-0.4, -0.2) is 58.9 Å². The highest BCUT2D eigenvalue weighted by molar-refractivity contribution is 5.99. The summed E-state index contributed by atoms with van der Waals surface area (Å²) in [6.45, 7) is 6.37. The molecule has 1 N–H and O–H groups in total. The predicted molar refractivity (Wildman–Crippen MR) is 99.2 cm³/mol. The number of benzene rings is 1. The highest BCUT2D eigenvalue weighted by Crippen LogP contribution is 2.14. The van der Waals surface area contributed by atoms with Crippen molar-refractivity contribution < 1.29 is 9.59 Å². The third kappa shape index (κ3) is 4.17. The fraction of sp³-hybridized carbons (Fsp3) is 0.368. The van der Waals surface area contributed by atoms with Crippen molar-refractivity contribution in [1.29, 1.82) is 0 Å². The van der Waals surface area contributed by atoms with Crippen molar-refractivity contribution in [3.63, 3.8) is 0 Å². The van der Waals surface area contributed by atoms with Gasteiger partial charge < -0.3 is 15.1 Å². The van der Waals surface area contributed by atoms with Crippen molar-refractivity contribution >= 4 is 17.8 Å². The van der Waals surface area contributed by atoms with Gasteiger partial charge in [0.2, 0.25) is 5.95 Å². The first-order chi connectivity index (χ1) is 12.5. The standard InChI is InChI=1S/C19H23N5O2/c1-14(2)22-17(25)15-5-3-6-16(13-15)18(26)23-9-11-24(12-10-23)19-20-7-4-8-21-19/h3-8,13-14H,9-12H2,1-2H3,(H,22,25). The Labute approximate surface area is 153 Å². The maximum Gasteiger partial charge on any atom is 0.253 e. The second-order valence-corrected chi connectivity index (χ2v) is 6.54. The molecule has 1 fully saturated rings. The van der Waals surface area contributed by atoms with Crippen LogP contribution in [-0.2, 0) is 0 Å². The Morgan fingerprint density at radius 1 is 1.00 bits per heavy atom. The van der Waals surface area contributed by atoms with Crippen molar-refractivity contribution in [3.05, 3.63) is 53.9 Å².